The summed E-state index contributed by atoms with van der Waals surface area (Å²) in [5, 5.41) is 21.9. The van der Waals surface area contributed by atoms with Gasteiger partial charge >= 0.3 is 0 Å². The SMILES string of the molecule is CCOc1cc(/C(O)=C2/C(=O)C(=O)N(c3ccccc3O)C2c2ccc(F)cc2)ccc1Cl. The second-order valence-electron chi connectivity index (χ2n) is 7.29. The number of Topliss-reactive ketones (excluding diaryl/α,β-unsaturated/α-hetero) is 1. The third kappa shape index (κ3) is 4.03. The number of aliphatic hydroxyl groups is 1. The highest BCUT2D eigenvalue weighted by Crippen LogP contribution is 2.45. The van der Waals surface area contributed by atoms with E-state index in [2.05, 4.69) is 0 Å². The molecule has 168 valence electrons. The molecule has 1 aliphatic heterocycles. The number of para-hydroxylation sites is 2. The molecule has 3 aromatic rings. The summed E-state index contributed by atoms with van der Waals surface area (Å²) in [5.74, 6) is -2.76. The predicted molar refractivity (Wildman–Crippen MR) is 122 cm³/mol. The van der Waals surface area contributed by atoms with Crippen molar-refractivity contribution in [3.8, 4) is 11.5 Å². The van der Waals surface area contributed by atoms with Gasteiger partial charge in [-0.25, -0.2) is 4.39 Å². The van der Waals surface area contributed by atoms with Gasteiger partial charge in [-0.3, -0.25) is 14.5 Å². The molecule has 1 unspecified atom stereocenters. The average Bonchev–Trinajstić information content (AvgIpc) is 3.06. The molecule has 1 atom stereocenters. The molecule has 8 heteroatoms. The quantitative estimate of drug-likeness (QED) is 0.305. The molecule has 3 aromatic carbocycles. The number of anilines is 1. The number of halogens is 2. The molecule has 1 aliphatic rings. The van der Waals surface area contributed by atoms with Gasteiger partial charge in [-0.05, 0) is 55.0 Å². The van der Waals surface area contributed by atoms with Gasteiger partial charge in [0, 0.05) is 5.56 Å². The molecule has 1 saturated heterocycles. The van der Waals surface area contributed by atoms with E-state index in [4.69, 9.17) is 16.3 Å². The number of hydrogen-bond donors (Lipinski definition) is 2. The van der Waals surface area contributed by atoms with Gasteiger partial charge in [0.25, 0.3) is 11.7 Å². The third-order valence-corrected chi connectivity index (χ3v) is 5.59. The fourth-order valence-electron chi connectivity index (χ4n) is 3.78. The van der Waals surface area contributed by atoms with Gasteiger partial charge in [0.05, 0.1) is 28.9 Å². The van der Waals surface area contributed by atoms with Crippen LogP contribution in [-0.2, 0) is 9.59 Å². The molecular weight excluding hydrogens is 449 g/mol. The Balaban J connectivity index is 1.95. The number of phenolic OH excluding ortho intramolecular Hbond substituents is 1. The largest absolute Gasteiger partial charge is 0.507 e. The van der Waals surface area contributed by atoms with Gasteiger partial charge in [0.1, 0.15) is 23.1 Å². The van der Waals surface area contributed by atoms with Gasteiger partial charge in [-0.2, -0.15) is 0 Å². The van der Waals surface area contributed by atoms with Crippen molar-refractivity contribution >= 4 is 34.7 Å². The summed E-state index contributed by atoms with van der Waals surface area (Å²) in [5.41, 5.74) is 0.461. The van der Waals surface area contributed by atoms with Gasteiger partial charge in [-0.15, -0.1) is 0 Å². The van der Waals surface area contributed by atoms with Gasteiger partial charge in [0.15, 0.2) is 0 Å². The van der Waals surface area contributed by atoms with E-state index in [1.807, 2.05) is 0 Å². The van der Waals surface area contributed by atoms with E-state index in [-0.39, 0.29) is 22.6 Å². The van der Waals surface area contributed by atoms with Crippen molar-refractivity contribution in [1.82, 2.24) is 0 Å². The Morgan fingerprint density at radius 3 is 2.45 bits per heavy atom. The minimum Gasteiger partial charge on any atom is -0.507 e. The van der Waals surface area contributed by atoms with Crippen LogP contribution in [0.4, 0.5) is 10.1 Å². The monoisotopic (exact) mass is 467 g/mol. The molecule has 1 amide bonds. The fourth-order valence-corrected chi connectivity index (χ4v) is 3.95. The standard InChI is InChI=1S/C25H19ClFNO5/c1-2-33-20-13-15(9-12-17(20)26)23(30)21-22(14-7-10-16(27)11-8-14)28(25(32)24(21)31)18-5-3-4-6-19(18)29/h3-13,22,29-30H,2H2,1H3/b23-21-. The number of aliphatic hydroxyl groups excluding tert-OH is 1. The zero-order valence-electron chi connectivity index (χ0n) is 17.5. The van der Waals surface area contributed by atoms with E-state index in [0.29, 0.717) is 22.9 Å². The van der Waals surface area contributed by atoms with E-state index in [1.165, 1.54) is 54.6 Å². The van der Waals surface area contributed by atoms with Gasteiger partial charge in [-0.1, -0.05) is 35.9 Å². The van der Waals surface area contributed by atoms with Crippen LogP contribution in [-0.4, -0.2) is 28.5 Å². The highest BCUT2D eigenvalue weighted by atomic mass is 35.5. The predicted octanol–water partition coefficient (Wildman–Crippen LogP) is 5.21. The summed E-state index contributed by atoms with van der Waals surface area (Å²) in [6.45, 7) is 2.10. The lowest BCUT2D eigenvalue weighted by Gasteiger charge is -2.26. The number of aromatic hydroxyl groups is 1. The molecule has 33 heavy (non-hydrogen) atoms. The van der Waals surface area contributed by atoms with Crippen LogP contribution in [0.15, 0.2) is 72.3 Å². The summed E-state index contributed by atoms with van der Waals surface area (Å²) in [6, 6.07) is 14.6. The first-order chi connectivity index (χ1) is 15.8. The number of hydrogen-bond acceptors (Lipinski definition) is 5. The van der Waals surface area contributed by atoms with Crippen molar-refractivity contribution in [3.05, 3.63) is 94.3 Å². The molecule has 0 aromatic heterocycles. The highest BCUT2D eigenvalue weighted by molar-refractivity contribution is 6.52. The van der Waals surface area contributed by atoms with Crippen LogP contribution in [0.25, 0.3) is 5.76 Å². The Bertz CT molecular complexity index is 1270. The minimum atomic E-state index is -1.11. The Morgan fingerprint density at radius 2 is 1.79 bits per heavy atom. The lowest BCUT2D eigenvalue weighted by molar-refractivity contribution is -0.132. The number of amides is 1. The van der Waals surface area contributed by atoms with Crippen LogP contribution in [0, 0.1) is 5.82 Å². The summed E-state index contributed by atoms with van der Waals surface area (Å²) >= 11 is 6.14. The van der Waals surface area contributed by atoms with E-state index >= 15 is 0 Å². The van der Waals surface area contributed by atoms with Crippen LogP contribution in [0.5, 0.6) is 11.5 Å². The van der Waals surface area contributed by atoms with Crippen LogP contribution < -0.4 is 9.64 Å². The molecule has 1 fully saturated rings. The normalized spacial score (nSPS) is 17.4. The smallest absolute Gasteiger partial charge is 0.300 e. The Morgan fingerprint density at radius 1 is 1.09 bits per heavy atom. The second-order valence-corrected chi connectivity index (χ2v) is 7.69. The number of carbonyl (C=O) groups is 2. The highest BCUT2D eigenvalue weighted by Gasteiger charge is 2.47. The van der Waals surface area contributed by atoms with Gasteiger partial charge in [0.2, 0.25) is 0 Å². The van der Waals surface area contributed by atoms with Crippen LogP contribution in [0.3, 0.4) is 0 Å². The van der Waals surface area contributed by atoms with Crippen molar-refractivity contribution in [3.63, 3.8) is 0 Å². The summed E-state index contributed by atoms with van der Waals surface area (Å²) in [4.78, 5) is 27.3. The maximum absolute atomic E-state index is 13.6. The minimum absolute atomic E-state index is 0.0825. The Kier molecular flexibility index (Phi) is 6.07. The third-order valence-electron chi connectivity index (χ3n) is 5.28. The lowest BCUT2D eigenvalue weighted by atomic mass is 9.95. The molecule has 2 N–H and O–H groups in total. The van der Waals surface area contributed by atoms with Crippen LogP contribution in [0.1, 0.15) is 24.1 Å². The molecule has 0 saturated carbocycles. The Labute approximate surface area is 194 Å². The summed E-state index contributed by atoms with van der Waals surface area (Å²) < 4.78 is 19.1. The first-order valence-corrected chi connectivity index (χ1v) is 10.5. The van der Waals surface area contributed by atoms with Crippen molar-refractivity contribution in [2.45, 2.75) is 13.0 Å². The van der Waals surface area contributed by atoms with Gasteiger partial charge < -0.3 is 14.9 Å². The molecule has 4 rings (SSSR count). The number of benzene rings is 3. The molecule has 0 radical (unpaired) electrons. The topological polar surface area (TPSA) is 87.1 Å². The van der Waals surface area contributed by atoms with Crippen molar-refractivity contribution < 1.29 is 28.9 Å². The lowest BCUT2D eigenvalue weighted by Crippen LogP contribution is -2.29. The Hall–Kier alpha value is -3.84. The molecule has 0 bridgehead atoms. The van der Waals surface area contributed by atoms with E-state index < -0.39 is 29.3 Å². The van der Waals surface area contributed by atoms with E-state index in [0.717, 1.165) is 4.90 Å². The van der Waals surface area contributed by atoms with Crippen LogP contribution in [0.2, 0.25) is 5.02 Å². The van der Waals surface area contributed by atoms with Crippen molar-refractivity contribution in [2.24, 2.45) is 0 Å². The van der Waals surface area contributed by atoms with E-state index in [1.54, 1.807) is 19.1 Å². The average molecular weight is 468 g/mol. The number of rotatable bonds is 5. The molecule has 6 nitrogen and oxygen atoms in total. The number of nitrogens with zero attached hydrogens (tertiary/aromatic N) is 1. The number of phenols is 1. The first-order valence-electron chi connectivity index (χ1n) is 10.1. The van der Waals surface area contributed by atoms with Crippen molar-refractivity contribution in [2.75, 3.05) is 11.5 Å². The summed E-state index contributed by atoms with van der Waals surface area (Å²) in [7, 11) is 0. The first kappa shape index (κ1) is 22.4. The second kappa shape index (κ2) is 8.96. The van der Waals surface area contributed by atoms with Crippen molar-refractivity contribution in [1.29, 1.82) is 0 Å². The maximum atomic E-state index is 13.6. The number of carbonyl (C=O) groups excluding carboxylic acids is 2. The molecular formula is C25H19ClFNO5. The number of ketones is 1. The molecule has 0 aliphatic carbocycles. The van der Waals surface area contributed by atoms with E-state index in [9.17, 15) is 24.2 Å². The zero-order valence-corrected chi connectivity index (χ0v) is 18.2. The molecule has 0 spiro atoms. The maximum Gasteiger partial charge on any atom is 0.300 e. The zero-order chi connectivity index (χ0) is 23.7. The number of ether oxygens (including phenoxy) is 1. The summed E-state index contributed by atoms with van der Waals surface area (Å²) in [6.07, 6.45) is 0. The fraction of sp³-hybridized carbons (Fsp3) is 0.120. The molecule has 1 heterocycles. The van der Waals surface area contributed by atoms with Crippen LogP contribution >= 0.6 is 11.6 Å².